The number of methoxy groups -OCH3 is 3. The van der Waals surface area contributed by atoms with Gasteiger partial charge in [0.05, 0.1) is 27.0 Å². The Kier molecular flexibility index (Phi) is 5.60. The van der Waals surface area contributed by atoms with Gasteiger partial charge in [0.1, 0.15) is 23.2 Å². The zero-order valence-corrected chi connectivity index (χ0v) is 17.2. The van der Waals surface area contributed by atoms with E-state index < -0.39 is 0 Å². The van der Waals surface area contributed by atoms with Gasteiger partial charge >= 0.3 is 0 Å². The second-order valence-electron chi connectivity index (χ2n) is 6.65. The number of benzene rings is 2. The van der Waals surface area contributed by atoms with Crippen molar-refractivity contribution >= 4 is 5.82 Å². The predicted molar refractivity (Wildman–Crippen MR) is 113 cm³/mol. The van der Waals surface area contributed by atoms with Crippen molar-refractivity contribution in [1.29, 1.82) is 5.26 Å². The van der Waals surface area contributed by atoms with Gasteiger partial charge in [0.2, 0.25) is 0 Å². The average molecular weight is 389 g/mol. The molecule has 1 heterocycles. The van der Waals surface area contributed by atoms with Gasteiger partial charge in [0, 0.05) is 22.8 Å². The van der Waals surface area contributed by atoms with E-state index in [-0.39, 0.29) is 11.4 Å². The molecule has 3 aromatic rings. The Morgan fingerprint density at radius 2 is 1.48 bits per heavy atom. The van der Waals surface area contributed by atoms with E-state index in [1.54, 1.807) is 33.5 Å². The smallest absolute Gasteiger partial charge is 0.164 e. The molecule has 0 saturated carbocycles. The van der Waals surface area contributed by atoms with Gasteiger partial charge < -0.3 is 19.9 Å². The summed E-state index contributed by atoms with van der Waals surface area (Å²) in [5, 5.41) is 9.74. The fraction of sp³-hybridized carbons (Fsp3) is 0.217. The van der Waals surface area contributed by atoms with Crippen molar-refractivity contribution in [2.45, 2.75) is 13.8 Å². The standard InChI is InChI=1S/C23H23N3O3/c1-13-6-7-14(2)15(8-13)19-9-16(18(12-24)23(25)26-19)17-10-21(28-4)22(29-5)11-20(17)27-3/h6-11H,1-5H3,(H2,25,26). The first kappa shape index (κ1) is 20.0. The second-order valence-corrected chi connectivity index (χ2v) is 6.65. The largest absolute Gasteiger partial charge is 0.496 e. The number of nitrogens with two attached hydrogens (primary N) is 1. The molecule has 29 heavy (non-hydrogen) atoms. The molecule has 3 rings (SSSR count). The molecule has 0 bridgehead atoms. The highest BCUT2D eigenvalue weighted by Gasteiger charge is 2.20. The Morgan fingerprint density at radius 3 is 2.10 bits per heavy atom. The number of pyridine rings is 1. The molecule has 2 aromatic carbocycles. The average Bonchev–Trinajstić information content (AvgIpc) is 2.73. The summed E-state index contributed by atoms with van der Waals surface area (Å²) in [5.74, 6) is 1.76. The molecule has 0 radical (unpaired) electrons. The topological polar surface area (TPSA) is 90.4 Å². The highest BCUT2D eigenvalue weighted by atomic mass is 16.5. The molecular weight excluding hydrogens is 366 g/mol. The highest BCUT2D eigenvalue weighted by Crippen LogP contribution is 2.43. The molecule has 0 atom stereocenters. The molecule has 6 heteroatoms. The van der Waals surface area contributed by atoms with Crippen LogP contribution in [0.5, 0.6) is 17.2 Å². The Balaban J connectivity index is 2.34. The Bertz CT molecular complexity index is 1120. The number of ether oxygens (including phenoxy) is 3. The van der Waals surface area contributed by atoms with Crippen LogP contribution in [0.4, 0.5) is 5.82 Å². The number of aromatic nitrogens is 1. The minimum absolute atomic E-state index is 0.165. The summed E-state index contributed by atoms with van der Waals surface area (Å²) in [7, 11) is 4.68. The summed E-state index contributed by atoms with van der Waals surface area (Å²) in [6, 6.07) is 13.7. The summed E-state index contributed by atoms with van der Waals surface area (Å²) in [5.41, 5.74) is 11.6. The molecule has 0 aliphatic heterocycles. The third-order valence-electron chi connectivity index (χ3n) is 4.82. The van der Waals surface area contributed by atoms with Crippen LogP contribution in [-0.2, 0) is 0 Å². The van der Waals surface area contributed by atoms with E-state index in [2.05, 4.69) is 17.1 Å². The van der Waals surface area contributed by atoms with Crippen LogP contribution in [0.25, 0.3) is 22.4 Å². The summed E-state index contributed by atoms with van der Waals surface area (Å²) in [6.07, 6.45) is 0. The van der Waals surface area contributed by atoms with Crippen LogP contribution in [-0.4, -0.2) is 26.3 Å². The number of rotatable bonds is 5. The lowest BCUT2D eigenvalue weighted by molar-refractivity contribution is 0.349. The maximum Gasteiger partial charge on any atom is 0.164 e. The van der Waals surface area contributed by atoms with Gasteiger partial charge in [-0.15, -0.1) is 0 Å². The molecular formula is C23H23N3O3. The van der Waals surface area contributed by atoms with E-state index in [9.17, 15) is 5.26 Å². The molecule has 0 aliphatic rings. The first-order valence-corrected chi connectivity index (χ1v) is 9.02. The van der Waals surface area contributed by atoms with Crippen LogP contribution >= 0.6 is 0 Å². The molecule has 0 saturated heterocycles. The Hall–Kier alpha value is -3.72. The number of nitrogen functional groups attached to an aromatic ring is 1. The van der Waals surface area contributed by atoms with Crippen LogP contribution in [0.2, 0.25) is 0 Å². The lowest BCUT2D eigenvalue weighted by Crippen LogP contribution is -2.02. The molecule has 6 nitrogen and oxygen atoms in total. The van der Waals surface area contributed by atoms with Gasteiger partial charge in [-0.1, -0.05) is 17.7 Å². The molecule has 0 aliphatic carbocycles. The number of anilines is 1. The third-order valence-corrected chi connectivity index (χ3v) is 4.82. The molecule has 0 unspecified atom stereocenters. The van der Waals surface area contributed by atoms with Gasteiger partial charge in [0.15, 0.2) is 11.5 Å². The first-order valence-electron chi connectivity index (χ1n) is 9.02. The first-order chi connectivity index (χ1) is 13.9. The fourth-order valence-electron chi connectivity index (χ4n) is 3.28. The van der Waals surface area contributed by atoms with Gasteiger partial charge in [-0.25, -0.2) is 4.98 Å². The number of hydrogen-bond donors (Lipinski definition) is 1. The van der Waals surface area contributed by atoms with E-state index in [4.69, 9.17) is 19.9 Å². The molecule has 0 spiro atoms. The monoisotopic (exact) mass is 389 g/mol. The quantitative estimate of drug-likeness (QED) is 0.690. The second kappa shape index (κ2) is 8.11. The van der Waals surface area contributed by atoms with E-state index in [0.29, 0.717) is 34.1 Å². The number of hydrogen-bond acceptors (Lipinski definition) is 6. The molecule has 1 aromatic heterocycles. The molecule has 0 amide bonds. The van der Waals surface area contributed by atoms with Gasteiger partial charge in [-0.05, 0) is 37.6 Å². The van der Waals surface area contributed by atoms with Gasteiger partial charge in [0.25, 0.3) is 0 Å². The van der Waals surface area contributed by atoms with E-state index in [0.717, 1.165) is 16.7 Å². The SMILES string of the molecule is COc1cc(OC)c(-c2cc(-c3cc(C)ccc3C)nc(N)c2C#N)cc1OC. The van der Waals surface area contributed by atoms with Crippen molar-refractivity contribution < 1.29 is 14.2 Å². The van der Waals surface area contributed by atoms with Crippen molar-refractivity contribution in [2.24, 2.45) is 0 Å². The fourth-order valence-corrected chi connectivity index (χ4v) is 3.28. The van der Waals surface area contributed by atoms with Crippen LogP contribution in [0.1, 0.15) is 16.7 Å². The normalized spacial score (nSPS) is 10.3. The van der Waals surface area contributed by atoms with Crippen LogP contribution < -0.4 is 19.9 Å². The Morgan fingerprint density at radius 1 is 0.828 bits per heavy atom. The van der Waals surface area contributed by atoms with Crippen LogP contribution in [0, 0.1) is 25.2 Å². The summed E-state index contributed by atoms with van der Waals surface area (Å²) in [6.45, 7) is 4.04. The van der Waals surface area contributed by atoms with Gasteiger partial charge in [-0.3, -0.25) is 0 Å². The summed E-state index contributed by atoms with van der Waals surface area (Å²) < 4.78 is 16.4. The zero-order chi connectivity index (χ0) is 21.1. The molecule has 148 valence electrons. The van der Waals surface area contributed by atoms with Crippen molar-refractivity contribution in [1.82, 2.24) is 4.98 Å². The maximum absolute atomic E-state index is 9.74. The van der Waals surface area contributed by atoms with Crippen molar-refractivity contribution in [2.75, 3.05) is 27.1 Å². The van der Waals surface area contributed by atoms with Crippen LogP contribution in [0.15, 0.2) is 36.4 Å². The number of aryl methyl sites for hydroxylation is 2. The van der Waals surface area contributed by atoms with Crippen molar-refractivity contribution in [3.63, 3.8) is 0 Å². The zero-order valence-electron chi connectivity index (χ0n) is 17.2. The van der Waals surface area contributed by atoms with Crippen molar-refractivity contribution in [3.05, 3.63) is 53.1 Å². The lowest BCUT2D eigenvalue weighted by Gasteiger charge is -2.17. The van der Waals surface area contributed by atoms with E-state index >= 15 is 0 Å². The summed E-state index contributed by atoms with van der Waals surface area (Å²) >= 11 is 0. The predicted octanol–water partition coefficient (Wildman–Crippen LogP) is 4.51. The number of nitriles is 1. The van der Waals surface area contributed by atoms with E-state index in [1.807, 2.05) is 32.0 Å². The third kappa shape index (κ3) is 3.67. The van der Waals surface area contributed by atoms with E-state index in [1.165, 1.54) is 0 Å². The summed E-state index contributed by atoms with van der Waals surface area (Å²) in [4.78, 5) is 4.49. The maximum atomic E-state index is 9.74. The molecule has 0 fully saturated rings. The minimum atomic E-state index is 0.165. The lowest BCUT2D eigenvalue weighted by atomic mass is 9.95. The van der Waals surface area contributed by atoms with Crippen molar-refractivity contribution in [3.8, 4) is 45.7 Å². The minimum Gasteiger partial charge on any atom is -0.496 e. The van der Waals surface area contributed by atoms with Gasteiger partial charge in [-0.2, -0.15) is 5.26 Å². The number of nitrogens with zero attached hydrogens (tertiary/aromatic N) is 2. The molecule has 2 N–H and O–H groups in total. The highest BCUT2D eigenvalue weighted by molar-refractivity contribution is 5.85. The Labute approximate surface area is 170 Å². The van der Waals surface area contributed by atoms with Crippen LogP contribution in [0.3, 0.4) is 0 Å².